The lowest BCUT2D eigenvalue weighted by molar-refractivity contribution is 0.801. The van der Waals surface area contributed by atoms with Gasteiger partial charge in [-0.3, -0.25) is 0 Å². The molecule has 0 amide bonds. The van der Waals surface area contributed by atoms with Gasteiger partial charge in [0.25, 0.3) is 0 Å². The molecule has 0 saturated carbocycles. The second kappa shape index (κ2) is 5.87. The van der Waals surface area contributed by atoms with Gasteiger partial charge in [-0.25, -0.2) is 9.97 Å². The third-order valence-corrected chi connectivity index (χ3v) is 3.52. The van der Waals surface area contributed by atoms with Crippen LogP contribution in [0.25, 0.3) is 0 Å². The molecule has 0 saturated heterocycles. The highest BCUT2D eigenvalue weighted by atomic mass is 32.2. The van der Waals surface area contributed by atoms with Crippen molar-refractivity contribution in [1.29, 1.82) is 0 Å². The van der Waals surface area contributed by atoms with Crippen LogP contribution in [0.1, 0.15) is 31.3 Å². The third-order valence-electron chi connectivity index (χ3n) is 2.51. The van der Waals surface area contributed by atoms with Crippen LogP contribution in [-0.2, 0) is 5.75 Å². The summed E-state index contributed by atoms with van der Waals surface area (Å²) in [6.45, 7) is 4.21. The zero-order valence-corrected chi connectivity index (χ0v) is 11.4. The fourth-order valence-corrected chi connectivity index (χ4v) is 2.34. The number of hydrogen-bond acceptors (Lipinski definition) is 4. The Balaban J connectivity index is 2.10. The second-order valence-corrected chi connectivity index (χ2v) is 5.44. The first-order valence-electron chi connectivity index (χ1n) is 5.96. The van der Waals surface area contributed by atoms with Gasteiger partial charge >= 0.3 is 0 Å². The van der Waals surface area contributed by atoms with Gasteiger partial charge in [0, 0.05) is 16.7 Å². The van der Waals surface area contributed by atoms with E-state index in [1.54, 1.807) is 11.8 Å². The predicted molar refractivity (Wildman–Crippen MR) is 76.5 cm³/mol. The number of anilines is 1. The summed E-state index contributed by atoms with van der Waals surface area (Å²) in [5.74, 6) is 2.47. The van der Waals surface area contributed by atoms with Crippen LogP contribution < -0.4 is 5.73 Å². The van der Waals surface area contributed by atoms with E-state index in [-0.39, 0.29) is 0 Å². The fourth-order valence-electron chi connectivity index (χ4n) is 1.56. The van der Waals surface area contributed by atoms with Gasteiger partial charge in [-0.15, -0.1) is 11.8 Å². The summed E-state index contributed by atoms with van der Waals surface area (Å²) in [5.41, 5.74) is 6.81. The summed E-state index contributed by atoms with van der Waals surface area (Å²) in [4.78, 5) is 10.0. The Bertz CT molecular complexity index is 512. The number of thioether (sulfide) groups is 1. The molecule has 0 aliphatic heterocycles. The minimum absolute atomic E-state index is 0.371. The molecule has 0 spiro atoms. The molecule has 1 aromatic heterocycles. The van der Waals surface area contributed by atoms with E-state index in [0.29, 0.717) is 11.7 Å². The number of hydrogen-bond donors (Lipinski definition) is 1. The minimum Gasteiger partial charge on any atom is -0.384 e. The van der Waals surface area contributed by atoms with Crippen LogP contribution in [0, 0.1) is 0 Å². The first kappa shape index (κ1) is 12.9. The first-order chi connectivity index (χ1) is 8.65. The van der Waals surface area contributed by atoms with E-state index < -0.39 is 0 Å². The topological polar surface area (TPSA) is 51.8 Å². The van der Waals surface area contributed by atoms with E-state index >= 15 is 0 Å². The van der Waals surface area contributed by atoms with Gasteiger partial charge in [0.15, 0.2) is 0 Å². The van der Waals surface area contributed by atoms with E-state index in [4.69, 9.17) is 5.73 Å². The molecule has 1 aromatic carbocycles. The van der Waals surface area contributed by atoms with E-state index in [9.17, 15) is 0 Å². The van der Waals surface area contributed by atoms with E-state index in [0.717, 1.165) is 17.3 Å². The van der Waals surface area contributed by atoms with Crippen molar-refractivity contribution in [2.75, 3.05) is 5.73 Å². The molecule has 3 nitrogen and oxygen atoms in total. The third kappa shape index (κ3) is 3.47. The number of aromatic nitrogens is 2. The van der Waals surface area contributed by atoms with Crippen LogP contribution in [0.3, 0.4) is 0 Å². The van der Waals surface area contributed by atoms with E-state index in [2.05, 4.69) is 35.9 Å². The molecule has 2 N–H and O–H groups in total. The van der Waals surface area contributed by atoms with Crippen molar-refractivity contribution < 1.29 is 0 Å². The average molecular weight is 259 g/mol. The molecule has 0 atom stereocenters. The van der Waals surface area contributed by atoms with Gasteiger partial charge in [-0.05, 0) is 18.1 Å². The van der Waals surface area contributed by atoms with Crippen LogP contribution in [-0.4, -0.2) is 9.97 Å². The second-order valence-electron chi connectivity index (χ2n) is 4.39. The SMILES string of the molecule is CC(C)c1cc(N)nc(CSc2ccccc2)n1. The molecule has 2 rings (SSSR count). The van der Waals surface area contributed by atoms with Crippen molar-refractivity contribution in [3.05, 3.63) is 47.9 Å². The molecular formula is C14H17N3S. The van der Waals surface area contributed by atoms with Gasteiger partial charge in [0.2, 0.25) is 0 Å². The Labute approximate surface area is 112 Å². The molecule has 0 unspecified atom stereocenters. The van der Waals surface area contributed by atoms with Crippen LogP contribution in [0.4, 0.5) is 5.82 Å². The van der Waals surface area contributed by atoms with E-state index in [1.807, 2.05) is 24.3 Å². The number of nitrogens with two attached hydrogens (primary N) is 1. The zero-order chi connectivity index (χ0) is 13.0. The van der Waals surface area contributed by atoms with Gasteiger partial charge in [-0.1, -0.05) is 32.0 Å². The van der Waals surface area contributed by atoms with Crippen molar-refractivity contribution in [2.24, 2.45) is 0 Å². The predicted octanol–water partition coefficient (Wildman–Crippen LogP) is 3.47. The highest BCUT2D eigenvalue weighted by molar-refractivity contribution is 7.98. The Morgan fingerprint density at radius 1 is 1.17 bits per heavy atom. The van der Waals surface area contributed by atoms with Crippen molar-refractivity contribution >= 4 is 17.6 Å². The van der Waals surface area contributed by atoms with Crippen LogP contribution >= 0.6 is 11.8 Å². The molecule has 18 heavy (non-hydrogen) atoms. The Morgan fingerprint density at radius 2 is 1.89 bits per heavy atom. The number of nitrogen functional groups attached to an aromatic ring is 1. The monoisotopic (exact) mass is 259 g/mol. The standard InChI is InChI=1S/C14H17N3S/c1-10(2)12-8-13(15)17-14(16-12)9-18-11-6-4-3-5-7-11/h3-8,10H,9H2,1-2H3,(H2,15,16,17). The molecule has 1 heterocycles. The Morgan fingerprint density at radius 3 is 2.56 bits per heavy atom. The van der Waals surface area contributed by atoms with Crippen LogP contribution in [0.2, 0.25) is 0 Å². The lowest BCUT2D eigenvalue weighted by Gasteiger charge is -2.08. The first-order valence-corrected chi connectivity index (χ1v) is 6.95. The molecule has 0 fully saturated rings. The lowest BCUT2D eigenvalue weighted by atomic mass is 10.1. The lowest BCUT2D eigenvalue weighted by Crippen LogP contribution is -2.03. The molecule has 0 aliphatic rings. The highest BCUT2D eigenvalue weighted by Gasteiger charge is 2.06. The van der Waals surface area contributed by atoms with Gasteiger partial charge in [0.05, 0.1) is 5.75 Å². The molecule has 0 bridgehead atoms. The summed E-state index contributed by atoms with van der Waals surface area (Å²) < 4.78 is 0. The van der Waals surface area contributed by atoms with Crippen LogP contribution in [0.5, 0.6) is 0 Å². The van der Waals surface area contributed by atoms with Crippen molar-refractivity contribution in [3.8, 4) is 0 Å². The van der Waals surface area contributed by atoms with Crippen molar-refractivity contribution in [3.63, 3.8) is 0 Å². The van der Waals surface area contributed by atoms with E-state index in [1.165, 1.54) is 4.90 Å². The molecular weight excluding hydrogens is 242 g/mol. The summed E-state index contributed by atoms with van der Waals surface area (Å²) in [6, 6.07) is 12.1. The van der Waals surface area contributed by atoms with Gasteiger partial charge in [0.1, 0.15) is 11.6 Å². The number of nitrogens with zero attached hydrogens (tertiary/aromatic N) is 2. The summed E-state index contributed by atoms with van der Waals surface area (Å²) in [6.07, 6.45) is 0. The Kier molecular flexibility index (Phi) is 4.20. The molecule has 0 aliphatic carbocycles. The van der Waals surface area contributed by atoms with Gasteiger partial charge < -0.3 is 5.73 Å². The highest BCUT2D eigenvalue weighted by Crippen LogP contribution is 2.22. The molecule has 4 heteroatoms. The summed E-state index contributed by atoms with van der Waals surface area (Å²) >= 11 is 1.72. The molecule has 94 valence electrons. The smallest absolute Gasteiger partial charge is 0.141 e. The summed E-state index contributed by atoms with van der Waals surface area (Å²) in [5, 5.41) is 0. The molecule has 0 radical (unpaired) electrons. The molecule has 2 aromatic rings. The summed E-state index contributed by atoms with van der Waals surface area (Å²) in [7, 11) is 0. The average Bonchev–Trinajstić information content (AvgIpc) is 2.37. The fraction of sp³-hybridized carbons (Fsp3) is 0.286. The maximum atomic E-state index is 5.81. The quantitative estimate of drug-likeness (QED) is 0.854. The van der Waals surface area contributed by atoms with Crippen LogP contribution in [0.15, 0.2) is 41.3 Å². The zero-order valence-electron chi connectivity index (χ0n) is 10.6. The number of rotatable bonds is 4. The normalized spacial score (nSPS) is 10.8. The largest absolute Gasteiger partial charge is 0.384 e. The van der Waals surface area contributed by atoms with Crippen molar-refractivity contribution in [2.45, 2.75) is 30.4 Å². The number of benzene rings is 1. The Hall–Kier alpha value is -1.55. The maximum absolute atomic E-state index is 5.81. The van der Waals surface area contributed by atoms with Gasteiger partial charge in [-0.2, -0.15) is 0 Å². The van der Waals surface area contributed by atoms with Crippen molar-refractivity contribution in [1.82, 2.24) is 9.97 Å². The maximum Gasteiger partial charge on any atom is 0.141 e. The minimum atomic E-state index is 0.371.